The van der Waals surface area contributed by atoms with Gasteiger partial charge in [0.2, 0.25) is 5.43 Å². The monoisotopic (exact) mass is 463 g/mol. The van der Waals surface area contributed by atoms with E-state index < -0.39 is 28.7 Å². The van der Waals surface area contributed by atoms with Crippen molar-refractivity contribution in [3.05, 3.63) is 62.3 Å². The molecule has 1 aromatic carbocycles. The highest BCUT2D eigenvalue weighted by molar-refractivity contribution is 6.30. The molecule has 0 radical (unpaired) electrons. The number of amides is 1. The van der Waals surface area contributed by atoms with Gasteiger partial charge in [0.1, 0.15) is 12.0 Å². The van der Waals surface area contributed by atoms with Gasteiger partial charge in [0.05, 0.1) is 23.2 Å². The van der Waals surface area contributed by atoms with E-state index in [4.69, 9.17) is 16.3 Å². The highest BCUT2D eigenvalue weighted by Crippen LogP contribution is 2.33. The molecule has 3 heterocycles. The average Bonchev–Trinajstić information content (AvgIpc) is 3.19. The molecule has 1 N–H and O–H groups in total. The normalized spacial score (nSPS) is 19.8. The van der Waals surface area contributed by atoms with Gasteiger partial charge in [-0.05, 0) is 30.9 Å². The molecule has 8 nitrogen and oxygen atoms in total. The molecule has 0 bridgehead atoms. The molecule has 2 atom stereocenters. The number of carbonyl (C=O) groups excluding carboxylic acids is 2. The predicted molar refractivity (Wildman–Crippen MR) is 115 cm³/mol. The molecule has 0 unspecified atom stereocenters. The second-order valence-corrected chi connectivity index (χ2v) is 8.42. The van der Waals surface area contributed by atoms with Crippen LogP contribution in [0.15, 0.2) is 29.2 Å². The molecule has 4 rings (SSSR count). The topological polar surface area (TPSA) is 92.1 Å². The van der Waals surface area contributed by atoms with Crippen molar-refractivity contribution >= 4 is 23.3 Å². The maximum atomic E-state index is 14.2. The number of halogens is 2. The highest BCUT2D eigenvalue weighted by Gasteiger charge is 2.45. The molecule has 0 saturated carbocycles. The first-order valence-electron chi connectivity index (χ1n) is 10.3. The Bertz CT molecular complexity index is 1150. The second-order valence-electron chi connectivity index (χ2n) is 8.01. The van der Waals surface area contributed by atoms with Crippen LogP contribution in [0.5, 0.6) is 5.75 Å². The first kappa shape index (κ1) is 22.3. The summed E-state index contributed by atoms with van der Waals surface area (Å²) in [5.41, 5.74) is -1.11. The fraction of sp³-hybridized carbons (Fsp3) is 0.409. The number of nitrogens with zero attached hydrogens (tertiary/aromatic N) is 3. The molecule has 1 aromatic heterocycles. The van der Waals surface area contributed by atoms with Gasteiger partial charge in [-0.3, -0.25) is 24.1 Å². The van der Waals surface area contributed by atoms with Crippen LogP contribution >= 0.6 is 11.6 Å². The zero-order valence-electron chi connectivity index (χ0n) is 17.7. The molecule has 32 heavy (non-hydrogen) atoms. The first-order valence-corrected chi connectivity index (χ1v) is 10.6. The van der Waals surface area contributed by atoms with Crippen LogP contribution in [-0.4, -0.2) is 59.3 Å². The maximum absolute atomic E-state index is 14.2. The number of aryl methyl sites for hydroxylation is 1. The van der Waals surface area contributed by atoms with Crippen LogP contribution in [-0.2, 0) is 11.2 Å². The Labute approximate surface area is 188 Å². The van der Waals surface area contributed by atoms with Gasteiger partial charge in [0, 0.05) is 26.8 Å². The van der Waals surface area contributed by atoms with Crippen molar-refractivity contribution in [2.45, 2.75) is 37.9 Å². The number of ether oxygens (including phenoxy) is 1. The largest absolute Gasteiger partial charge is 0.502 e. The van der Waals surface area contributed by atoms with E-state index in [0.717, 1.165) is 6.42 Å². The lowest BCUT2D eigenvalue weighted by atomic mass is 10.0. The summed E-state index contributed by atoms with van der Waals surface area (Å²) in [6.45, 7) is 0.377. The van der Waals surface area contributed by atoms with E-state index in [-0.39, 0.29) is 46.9 Å². The standard InChI is InChI=1S/C22H23ClFN3O5/c1-25-17-9-7-13(11-32-2)27(17)26-10-14(20(29)21(30)19(26)22(25)31)16(28)8-6-12-4-3-5-15(23)18(12)24/h3-5,10,13,17,30H,6-9,11H2,1-2H3/t13-,17-/m0/s1. The summed E-state index contributed by atoms with van der Waals surface area (Å²) < 4.78 is 20.9. The summed E-state index contributed by atoms with van der Waals surface area (Å²) in [7, 11) is 3.18. The number of Topliss-reactive ketones (excluding diaryl/α,β-unsaturated/α-hetero) is 1. The van der Waals surface area contributed by atoms with Gasteiger partial charge in [-0.25, -0.2) is 4.39 Å². The molecule has 1 saturated heterocycles. The lowest BCUT2D eigenvalue weighted by molar-refractivity contribution is 0.0634. The van der Waals surface area contributed by atoms with E-state index in [0.29, 0.717) is 13.0 Å². The summed E-state index contributed by atoms with van der Waals surface area (Å²) in [6, 6.07) is 4.40. The Hall–Kier alpha value is -2.91. The lowest BCUT2D eigenvalue weighted by Crippen LogP contribution is -2.60. The number of hydrogen-bond donors (Lipinski definition) is 1. The summed E-state index contributed by atoms with van der Waals surface area (Å²) in [5, 5.41) is 12.4. The van der Waals surface area contributed by atoms with Crippen molar-refractivity contribution in [2.24, 2.45) is 0 Å². The Balaban J connectivity index is 1.71. The Morgan fingerprint density at radius 1 is 1.31 bits per heavy atom. The number of carbonyl (C=O) groups is 2. The SMILES string of the molecule is COC[C@@H]1CC[C@H]2N(C)C(=O)c3c(O)c(=O)c(C(=O)CCc4cccc(Cl)c4F)cn3N12. The minimum atomic E-state index is -0.921. The fourth-order valence-electron chi connectivity index (χ4n) is 4.49. The number of aromatic nitrogens is 1. The minimum Gasteiger partial charge on any atom is -0.502 e. The third kappa shape index (κ3) is 3.55. The maximum Gasteiger partial charge on any atom is 0.277 e. The summed E-state index contributed by atoms with van der Waals surface area (Å²) in [4.78, 5) is 40.0. The van der Waals surface area contributed by atoms with E-state index in [1.807, 2.05) is 5.01 Å². The molecule has 10 heteroatoms. The van der Waals surface area contributed by atoms with Gasteiger partial charge in [-0.15, -0.1) is 0 Å². The summed E-state index contributed by atoms with van der Waals surface area (Å²) >= 11 is 5.79. The van der Waals surface area contributed by atoms with Gasteiger partial charge in [-0.1, -0.05) is 23.7 Å². The molecule has 170 valence electrons. The molecule has 1 amide bonds. The van der Waals surface area contributed by atoms with Crippen LogP contribution < -0.4 is 10.4 Å². The number of benzene rings is 1. The van der Waals surface area contributed by atoms with Crippen LogP contribution in [0.2, 0.25) is 5.02 Å². The van der Waals surface area contributed by atoms with Crippen molar-refractivity contribution in [3.63, 3.8) is 0 Å². The number of methoxy groups -OCH3 is 1. The Morgan fingerprint density at radius 3 is 2.78 bits per heavy atom. The number of fused-ring (bicyclic) bond motifs is 3. The van der Waals surface area contributed by atoms with Gasteiger partial charge in [0.25, 0.3) is 5.91 Å². The number of pyridine rings is 1. The Morgan fingerprint density at radius 2 is 2.06 bits per heavy atom. The Kier molecular flexibility index (Phi) is 5.96. The quantitative estimate of drug-likeness (QED) is 0.661. The van der Waals surface area contributed by atoms with Crippen molar-refractivity contribution < 1.29 is 23.8 Å². The third-order valence-electron chi connectivity index (χ3n) is 6.13. The molecule has 2 aromatic rings. The van der Waals surface area contributed by atoms with E-state index in [2.05, 4.69) is 0 Å². The van der Waals surface area contributed by atoms with E-state index in [1.54, 1.807) is 20.2 Å². The highest BCUT2D eigenvalue weighted by atomic mass is 35.5. The van der Waals surface area contributed by atoms with E-state index >= 15 is 0 Å². The smallest absolute Gasteiger partial charge is 0.277 e. The van der Waals surface area contributed by atoms with Gasteiger partial charge >= 0.3 is 0 Å². The number of hydrogen-bond acceptors (Lipinski definition) is 6. The fourth-order valence-corrected chi connectivity index (χ4v) is 4.68. The van der Waals surface area contributed by atoms with Crippen molar-refractivity contribution in [3.8, 4) is 5.75 Å². The molecular weight excluding hydrogens is 441 g/mol. The van der Waals surface area contributed by atoms with Crippen LogP contribution in [0.1, 0.15) is 45.7 Å². The zero-order valence-corrected chi connectivity index (χ0v) is 18.4. The number of rotatable bonds is 6. The van der Waals surface area contributed by atoms with Crippen molar-refractivity contribution in [1.29, 1.82) is 0 Å². The van der Waals surface area contributed by atoms with Crippen molar-refractivity contribution in [1.82, 2.24) is 9.58 Å². The van der Waals surface area contributed by atoms with Crippen molar-refractivity contribution in [2.75, 3.05) is 25.8 Å². The van der Waals surface area contributed by atoms with Crippen LogP contribution in [0.3, 0.4) is 0 Å². The number of aromatic hydroxyl groups is 1. The van der Waals surface area contributed by atoms with Gasteiger partial charge in [-0.2, -0.15) is 0 Å². The van der Waals surface area contributed by atoms with Gasteiger partial charge in [0.15, 0.2) is 17.2 Å². The molecule has 1 fully saturated rings. The predicted octanol–water partition coefficient (Wildman–Crippen LogP) is 2.32. The molecular formula is C22H23ClFN3O5. The zero-order chi connectivity index (χ0) is 23.2. The van der Waals surface area contributed by atoms with E-state index in [9.17, 15) is 23.9 Å². The molecule has 0 aliphatic carbocycles. The summed E-state index contributed by atoms with van der Waals surface area (Å²) in [5.74, 6) is -2.45. The summed E-state index contributed by atoms with van der Waals surface area (Å²) in [6.07, 6.45) is 2.30. The van der Waals surface area contributed by atoms with Gasteiger partial charge < -0.3 is 14.7 Å². The number of ketones is 1. The first-order chi connectivity index (χ1) is 15.3. The van der Waals surface area contributed by atoms with Crippen LogP contribution in [0.25, 0.3) is 0 Å². The minimum absolute atomic E-state index is 0.0352. The van der Waals surface area contributed by atoms with Crippen LogP contribution in [0.4, 0.5) is 4.39 Å². The molecule has 2 aliphatic heterocycles. The second kappa shape index (κ2) is 8.55. The van der Waals surface area contributed by atoms with E-state index in [1.165, 1.54) is 27.9 Å². The third-order valence-corrected chi connectivity index (χ3v) is 6.43. The molecule has 2 aliphatic rings. The lowest BCUT2D eigenvalue weighted by Gasteiger charge is -2.43. The van der Waals surface area contributed by atoms with Crippen LogP contribution in [0, 0.1) is 5.82 Å². The molecule has 0 spiro atoms. The average molecular weight is 464 g/mol.